The number of benzene rings is 2. The summed E-state index contributed by atoms with van der Waals surface area (Å²) in [5.41, 5.74) is 0.398. The van der Waals surface area contributed by atoms with Crippen LogP contribution in [0.15, 0.2) is 48.5 Å². The first kappa shape index (κ1) is 21.4. The Labute approximate surface area is 176 Å². The summed E-state index contributed by atoms with van der Waals surface area (Å²) in [6, 6.07) is 12.4. The minimum Gasteiger partial charge on any atom is -0.445 e. The number of carbonyl (C=O) groups is 4. The van der Waals surface area contributed by atoms with Crippen molar-refractivity contribution in [2.45, 2.75) is 6.61 Å². The predicted octanol–water partition coefficient (Wildman–Crippen LogP) is 1.23. The van der Waals surface area contributed by atoms with Crippen molar-refractivity contribution >= 4 is 29.5 Å². The third-order valence-corrected chi connectivity index (χ3v) is 4.40. The molecule has 0 spiro atoms. The summed E-state index contributed by atoms with van der Waals surface area (Å²) >= 11 is 0. The predicted molar refractivity (Wildman–Crippen MR) is 106 cm³/mol. The molecule has 0 atom stereocenters. The van der Waals surface area contributed by atoms with Gasteiger partial charge < -0.3 is 15.4 Å². The first-order valence-corrected chi connectivity index (χ1v) is 9.22. The molecule has 1 aliphatic rings. The van der Waals surface area contributed by atoms with Gasteiger partial charge in [-0.25, -0.2) is 4.79 Å². The highest BCUT2D eigenvalue weighted by Crippen LogP contribution is 2.26. The normalized spacial score (nSPS) is 12.3. The van der Waals surface area contributed by atoms with Gasteiger partial charge in [0.2, 0.25) is 5.91 Å². The topological polar surface area (TPSA) is 148 Å². The molecule has 2 N–H and O–H groups in total. The lowest BCUT2D eigenvalue weighted by Crippen LogP contribution is -2.42. The third-order valence-electron chi connectivity index (χ3n) is 4.40. The highest BCUT2D eigenvalue weighted by atomic mass is 16.6. The fourth-order valence-electron chi connectivity index (χ4n) is 2.88. The quantitative estimate of drug-likeness (QED) is 0.279. The number of rotatable bonds is 8. The number of nitrogens with one attached hydrogen (secondary N) is 2. The number of nitro groups is 1. The van der Waals surface area contributed by atoms with Crippen molar-refractivity contribution in [1.29, 1.82) is 0 Å². The molecule has 0 fully saturated rings. The highest BCUT2D eigenvalue weighted by molar-refractivity contribution is 6.22. The Bertz CT molecular complexity index is 1040. The van der Waals surface area contributed by atoms with Gasteiger partial charge in [-0.15, -0.1) is 0 Å². The SMILES string of the molecule is O=C(CN1C(=O)c2ccc([N+](=O)[O-])cc2C1=O)NCCNC(=O)OCc1ccccc1. The van der Waals surface area contributed by atoms with E-state index in [-0.39, 0.29) is 36.5 Å². The second-order valence-electron chi connectivity index (χ2n) is 6.52. The molecule has 160 valence electrons. The number of non-ortho nitro benzene ring substituents is 1. The lowest BCUT2D eigenvalue weighted by molar-refractivity contribution is -0.384. The van der Waals surface area contributed by atoms with E-state index in [4.69, 9.17) is 4.74 Å². The minimum atomic E-state index is -0.776. The number of nitro benzene ring substituents is 1. The Morgan fingerprint density at radius 3 is 2.35 bits per heavy atom. The van der Waals surface area contributed by atoms with Crippen molar-refractivity contribution in [3.05, 3.63) is 75.3 Å². The van der Waals surface area contributed by atoms with E-state index in [2.05, 4.69) is 10.6 Å². The first-order valence-electron chi connectivity index (χ1n) is 9.22. The summed E-state index contributed by atoms with van der Waals surface area (Å²) in [7, 11) is 0. The zero-order chi connectivity index (χ0) is 22.4. The van der Waals surface area contributed by atoms with Crippen LogP contribution in [-0.4, -0.2) is 53.3 Å². The van der Waals surface area contributed by atoms with E-state index in [1.54, 1.807) is 0 Å². The van der Waals surface area contributed by atoms with E-state index in [1.807, 2.05) is 30.3 Å². The van der Waals surface area contributed by atoms with Crippen LogP contribution in [0.3, 0.4) is 0 Å². The highest BCUT2D eigenvalue weighted by Gasteiger charge is 2.37. The smallest absolute Gasteiger partial charge is 0.407 e. The summed E-state index contributed by atoms with van der Waals surface area (Å²) in [4.78, 5) is 59.3. The van der Waals surface area contributed by atoms with Crippen molar-refractivity contribution in [3.63, 3.8) is 0 Å². The molecule has 0 unspecified atom stereocenters. The number of amides is 4. The molecule has 2 aromatic carbocycles. The molecule has 2 aromatic rings. The molecule has 1 aliphatic heterocycles. The summed E-state index contributed by atoms with van der Waals surface area (Å²) in [5, 5.41) is 15.8. The van der Waals surface area contributed by atoms with Gasteiger partial charge in [0.05, 0.1) is 16.1 Å². The number of imide groups is 1. The van der Waals surface area contributed by atoms with Gasteiger partial charge in [0.25, 0.3) is 17.5 Å². The molecule has 0 aliphatic carbocycles. The first-order chi connectivity index (χ1) is 14.9. The largest absolute Gasteiger partial charge is 0.445 e. The molecule has 3 rings (SSSR count). The standard InChI is InChI=1S/C20H18N4O7/c25-17(21-8-9-22-20(28)31-12-13-4-2-1-3-5-13)11-23-18(26)15-7-6-14(24(29)30)10-16(15)19(23)27/h1-7,10H,8-9,11-12H2,(H,21,25)(H,22,28). The average molecular weight is 426 g/mol. The van der Waals surface area contributed by atoms with E-state index < -0.39 is 35.3 Å². The zero-order valence-electron chi connectivity index (χ0n) is 16.2. The number of hydrogen-bond acceptors (Lipinski definition) is 7. The summed E-state index contributed by atoms with van der Waals surface area (Å²) in [5.74, 6) is -2.10. The van der Waals surface area contributed by atoms with Crippen molar-refractivity contribution in [3.8, 4) is 0 Å². The maximum atomic E-state index is 12.4. The fraction of sp³-hybridized carbons (Fsp3) is 0.200. The Morgan fingerprint density at radius 2 is 1.65 bits per heavy atom. The number of hydrogen-bond donors (Lipinski definition) is 2. The maximum Gasteiger partial charge on any atom is 0.407 e. The van der Waals surface area contributed by atoms with Crippen molar-refractivity contribution < 1.29 is 28.8 Å². The molecule has 0 saturated heterocycles. The summed E-state index contributed by atoms with van der Waals surface area (Å²) < 4.78 is 5.02. The number of fused-ring (bicyclic) bond motifs is 1. The van der Waals surface area contributed by atoms with Gasteiger partial charge in [-0.1, -0.05) is 30.3 Å². The molecule has 11 heteroatoms. The fourth-order valence-corrected chi connectivity index (χ4v) is 2.88. The van der Waals surface area contributed by atoms with Crippen LogP contribution >= 0.6 is 0 Å². The van der Waals surface area contributed by atoms with Gasteiger partial charge in [-0.2, -0.15) is 0 Å². The van der Waals surface area contributed by atoms with E-state index in [1.165, 1.54) is 6.07 Å². The van der Waals surface area contributed by atoms with Gasteiger partial charge in [0.1, 0.15) is 13.2 Å². The van der Waals surface area contributed by atoms with E-state index in [0.717, 1.165) is 17.7 Å². The van der Waals surface area contributed by atoms with Crippen molar-refractivity contribution in [2.24, 2.45) is 0 Å². The van der Waals surface area contributed by atoms with Crippen LogP contribution in [-0.2, 0) is 16.1 Å². The van der Waals surface area contributed by atoms with Crippen LogP contribution in [0, 0.1) is 10.1 Å². The number of carbonyl (C=O) groups excluding carboxylic acids is 4. The van der Waals surface area contributed by atoms with Gasteiger partial charge in [-0.3, -0.25) is 29.4 Å². The van der Waals surface area contributed by atoms with Crippen LogP contribution < -0.4 is 10.6 Å². The Morgan fingerprint density at radius 1 is 0.968 bits per heavy atom. The molecule has 0 aromatic heterocycles. The third kappa shape index (κ3) is 5.21. The van der Waals surface area contributed by atoms with Crippen LogP contribution in [0.1, 0.15) is 26.3 Å². The molecular formula is C20H18N4O7. The number of ether oxygens (including phenoxy) is 1. The van der Waals surface area contributed by atoms with E-state index in [0.29, 0.717) is 4.90 Å². The van der Waals surface area contributed by atoms with Crippen LogP contribution in [0.2, 0.25) is 0 Å². The molecule has 31 heavy (non-hydrogen) atoms. The zero-order valence-corrected chi connectivity index (χ0v) is 16.2. The van der Waals surface area contributed by atoms with E-state index >= 15 is 0 Å². The Hall–Kier alpha value is -4.28. The monoisotopic (exact) mass is 426 g/mol. The minimum absolute atomic E-state index is 0.00577. The lowest BCUT2D eigenvalue weighted by atomic mass is 10.1. The van der Waals surface area contributed by atoms with Gasteiger partial charge >= 0.3 is 6.09 Å². The molecule has 0 radical (unpaired) electrons. The van der Waals surface area contributed by atoms with E-state index in [9.17, 15) is 29.3 Å². The number of nitrogens with zero attached hydrogens (tertiary/aromatic N) is 2. The second-order valence-corrected chi connectivity index (χ2v) is 6.52. The van der Waals surface area contributed by atoms with Crippen LogP contribution in [0.25, 0.3) is 0 Å². The van der Waals surface area contributed by atoms with Crippen LogP contribution in [0.5, 0.6) is 0 Å². The van der Waals surface area contributed by atoms with Crippen molar-refractivity contribution in [1.82, 2.24) is 15.5 Å². The molecule has 0 bridgehead atoms. The molecule has 0 saturated carbocycles. The Kier molecular flexibility index (Phi) is 6.55. The maximum absolute atomic E-state index is 12.4. The van der Waals surface area contributed by atoms with Crippen LogP contribution in [0.4, 0.5) is 10.5 Å². The summed E-state index contributed by atoms with van der Waals surface area (Å²) in [6.07, 6.45) is -0.653. The molecule has 4 amide bonds. The number of alkyl carbamates (subject to hydrolysis) is 1. The molecule has 11 nitrogen and oxygen atoms in total. The Balaban J connectivity index is 1.41. The van der Waals surface area contributed by atoms with Gasteiger partial charge in [0.15, 0.2) is 0 Å². The lowest BCUT2D eigenvalue weighted by Gasteiger charge is -2.13. The van der Waals surface area contributed by atoms with Gasteiger partial charge in [0, 0.05) is 25.2 Å². The van der Waals surface area contributed by atoms with Crippen molar-refractivity contribution in [2.75, 3.05) is 19.6 Å². The second kappa shape index (κ2) is 9.48. The molecular weight excluding hydrogens is 408 g/mol. The van der Waals surface area contributed by atoms with Gasteiger partial charge in [-0.05, 0) is 11.6 Å². The summed E-state index contributed by atoms with van der Waals surface area (Å²) in [6.45, 7) is -0.308. The average Bonchev–Trinajstić information content (AvgIpc) is 3.00. The molecule has 1 heterocycles.